The van der Waals surface area contributed by atoms with Crippen molar-refractivity contribution < 1.29 is 43.8 Å². The van der Waals surface area contributed by atoms with Crippen molar-refractivity contribution in [3.05, 3.63) is 35.9 Å². The number of Topliss-reactive ketones (excluding diaryl/α,β-unsaturated/α-hetero) is 2. The molecule has 1 aliphatic carbocycles. The highest BCUT2D eigenvalue weighted by Gasteiger charge is 2.53. The molecule has 1 fully saturated rings. The number of hydrogen-bond acceptors (Lipinski definition) is 8. The van der Waals surface area contributed by atoms with Gasteiger partial charge in [0.15, 0.2) is 5.78 Å². The number of hydrogen-bond donors (Lipinski definition) is 5. The van der Waals surface area contributed by atoms with Gasteiger partial charge in [-0.05, 0) is 48.0 Å². The molecule has 0 heterocycles. The maximum absolute atomic E-state index is 14.4. The number of carbonyl (C=O) groups excluding carboxylic acids is 6. The van der Waals surface area contributed by atoms with Crippen LogP contribution in [0.3, 0.4) is 0 Å². The Balaban J connectivity index is 2.48. The van der Waals surface area contributed by atoms with Gasteiger partial charge < -0.3 is 31.1 Å². The van der Waals surface area contributed by atoms with Crippen LogP contribution in [0, 0.1) is 33.5 Å². The van der Waals surface area contributed by atoms with Crippen molar-refractivity contribution in [1.82, 2.24) is 20.9 Å². The van der Waals surface area contributed by atoms with Gasteiger partial charge in [-0.2, -0.15) is 0 Å². The topological polar surface area (TPSA) is 199 Å². The van der Waals surface area contributed by atoms with Crippen LogP contribution >= 0.6 is 0 Å². The Morgan fingerprint density at radius 2 is 1.36 bits per heavy atom. The maximum atomic E-state index is 14.4. The van der Waals surface area contributed by atoms with Gasteiger partial charge in [0.25, 0.3) is 0 Å². The molecule has 1 aliphatic rings. The number of ketones is 2. The number of aliphatic hydroxyl groups excluding tert-OH is 1. The Labute approximate surface area is 346 Å². The second-order valence-electron chi connectivity index (χ2n) is 20.0. The summed E-state index contributed by atoms with van der Waals surface area (Å²) in [6.45, 7) is 19.4. The van der Waals surface area contributed by atoms with E-state index in [4.69, 9.17) is 0 Å². The lowest BCUT2D eigenvalue weighted by Crippen LogP contribution is -2.61. The summed E-state index contributed by atoms with van der Waals surface area (Å²) in [4.78, 5) is 98.1. The van der Waals surface area contributed by atoms with E-state index in [9.17, 15) is 43.8 Å². The molecule has 326 valence electrons. The molecular formula is C45H72N4O9. The molecule has 4 amide bonds. The average molecular weight is 813 g/mol. The Hall–Kier alpha value is -4.13. The SMILES string of the molecule is CC(C)[C@@H](C(=O)N[C@H](C(=O)C[C@@H](CC(=O)C(C)(C)C)C(=O)N[C@H](C(=O)N[C@H](CO)CC(C)(C)C)C1(C(=O)O)CCCC1)C(C)(C)C)N(C)C(=O)CCc1ccccc1. The van der Waals surface area contributed by atoms with Crippen LogP contribution in [0.4, 0.5) is 0 Å². The van der Waals surface area contributed by atoms with Crippen LogP contribution in [0.1, 0.15) is 133 Å². The fourth-order valence-electron chi connectivity index (χ4n) is 7.84. The predicted molar refractivity (Wildman–Crippen MR) is 223 cm³/mol. The zero-order valence-electron chi connectivity index (χ0n) is 37.1. The van der Waals surface area contributed by atoms with E-state index in [-0.39, 0.29) is 48.7 Å². The van der Waals surface area contributed by atoms with E-state index in [0.717, 1.165) is 5.56 Å². The molecule has 58 heavy (non-hydrogen) atoms. The van der Waals surface area contributed by atoms with Crippen LogP contribution in [-0.4, -0.2) is 94.1 Å². The van der Waals surface area contributed by atoms with E-state index in [1.54, 1.807) is 48.6 Å². The molecule has 5 atom stereocenters. The molecule has 0 bridgehead atoms. The molecule has 5 N–H and O–H groups in total. The Kier molecular flexibility index (Phi) is 17.9. The van der Waals surface area contributed by atoms with Gasteiger partial charge in [0.2, 0.25) is 23.6 Å². The lowest BCUT2D eigenvalue weighted by Gasteiger charge is -2.37. The molecule has 13 heteroatoms. The van der Waals surface area contributed by atoms with E-state index >= 15 is 0 Å². The number of likely N-dealkylation sites (N-methyl/N-ethyl adjacent to an activating group) is 1. The van der Waals surface area contributed by atoms with Crippen LogP contribution in [-0.2, 0) is 40.0 Å². The third-order valence-corrected chi connectivity index (χ3v) is 11.2. The van der Waals surface area contributed by atoms with Gasteiger partial charge in [0.05, 0.1) is 30.0 Å². The number of nitrogens with zero attached hydrogens (tertiary/aromatic N) is 1. The van der Waals surface area contributed by atoms with Crippen molar-refractivity contribution in [2.45, 2.75) is 158 Å². The summed E-state index contributed by atoms with van der Waals surface area (Å²) in [7, 11) is 1.57. The van der Waals surface area contributed by atoms with Crippen LogP contribution < -0.4 is 16.0 Å². The Morgan fingerprint density at radius 3 is 1.83 bits per heavy atom. The van der Waals surface area contributed by atoms with Crippen molar-refractivity contribution in [1.29, 1.82) is 0 Å². The standard InChI is InChI=1S/C45H72N4O9/c1-28(2)35(49(12)34(53)21-20-29-18-14-13-15-19-29)39(55)47-36(44(9,10)11)32(51)24-30(25-33(52)43(6,7)8)38(54)48-37(45(41(57)58)22-16-17-23-45)40(56)46-31(27-50)26-42(3,4)5/h13-15,18-19,28,30-31,35-37,50H,16-17,20-27H2,1-12H3,(H,46,56)(H,47,55)(H,48,54)(H,57,58)/t30-,31-,35-,36+,37+/m0/s1. The van der Waals surface area contributed by atoms with E-state index in [2.05, 4.69) is 16.0 Å². The first-order chi connectivity index (χ1) is 26.6. The second kappa shape index (κ2) is 20.7. The number of carboxylic acid groups (broad SMARTS) is 1. The molecular weight excluding hydrogens is 741 g/mol. The van der Waals surface area contributed by atoms with Crippen molar-refractivity contribution in [3.8, 4) is 0 Å². The van der Waals surface area contributed by atoms with Gasteiger partial charge in [-0.15, -0.1) is 0 Å². The third-order valence-electron chi connectivity index (χ3n) is 11.2. The summed E-state index contributed by atoms with van der Waals surface area (Å²) < 4.78 is 0. The van der Waals surface area contributed by atoms with E-state index in [0.29, 0.717) is 25.7 Å². The molecule has 0 saturated heterocycles. The molecule has 1 aromatic carbocycles. The van der Waals surface area contributed by atoms with Gasteiger partial charge in [-0.3, -0.25) is 33.6 Å². The fourth-order valence-corrected chi connectivity index (χ4v) is 7.84. The number of benzene rings is 1. The molecule has 0 aromatic heterocycles. The lowest BCUT2D eigenvalue weighted by molar-refractivity contribution is -0.155. The number of nitrogens with one attached hydrogen (secondary N) is 3. The fraction of sp³-hybridized carbons (Fsp3) is 0.711. The first kappa shape index (κ1) is 50.0. The van der Waals surface area contributed by atoms with Gasteiger partial charge in [-0.25, -0.2) is 0 Å². The summed E-state index contributed by atoms with van der Waals surface area (Å²) in [5, 5.41) is 29.0. The van der Waals surface area contributed by atoms with E-state index in [1.165, 1.54) is 4.90 Å². The number of aliphatic carboxylic acids is 1. The second-order valence-corrected chi connectivity index (χ2v) is 20.0. The molecule has 0 unspecified atom stereocenters. The van der Waals surface area contributed by atoms with Crippen LogP contribution in [0.15, 0.2) is 30.3 Å². The summed E-state index contributed by atoms with van der Waals surface area (Å²) in [5.41, 5.74) is -2.72. The molecule has 0 aliphatic heterocycles. The lowest BCUT2D eigenvalue weighted by atomic mass is 9.76. The number of aliphatic hydroxyl groups is 1. The minimum atomic E-state index is -1.65. The number of aryl methyl sites for hydroxylation is 1. The van der Waals surface area contributed by atoms with Crippen LogP contribution in [0.25, 0.3) is 0 Å². The quantitative estimate of drug-likeness (QED) is 0.117. The molecule has 0 spiro atoms. The van der Waals surface area contributed by atoms with Gasteiger partial charge in [0, 0.05) is 31.7 Å². The van der Waals surface area contributed by atoms with Gasteiger partial charge in [-0.1, -0.05) is 119 Å². The number of carbonyl (C=O) groups is 7. The highest BCUT2D eigenvalue weighted by Crippen LogP contribution is 2.42. The zero-order valence-corrected chi connectivity index (χ0v) is 37.1. The van der Waals surface area contributed by atoms with Crippen LogP contribution in [0.5, 0.6) is 0 Å². The predicted octanol–water partition coefficient (Wildman–Crippen LogP) is 5.26. The zero-order chi connectivity index (χ0) is 44.4. The smallest absolute Gasteiger partial charge is 0.312 e. The minimum absolute atomic E-state index is 0.118. The largest absolute Gasteiger partial charge is 0.481 e. The van der Waals surface area contributed by atoms with Crippen molar-refractivity contribution in [2.75, 3.05) is 13.7 Å². The van der Waals surface area contributed by atoms with Gasteiger partial charge in [0.1, 0.15) is 17.9 Å². The number of amides is 4. The molecule has 2 rings (SSSR count). The van der Waals surface area contributed by atoms with Gasteiger partial charge >= 0.3 is 5.97 Å². The normalized spacial score (nSPS) is 17.0. The number of rotatable bonds is 20. The monoisotopic (exact) mass is 813 g/mol. The third kappa shape index (κ3) is 14.3. The molecule has 1 saturated carbocycles. The summed E-state index contributed by atoms with van der Waals surface area (Å²) in [5.74, 6) is -6.13. The summed E-state index contributed by atoms with van der Waals surface area (Å²) in [6, 6.07) is 5.20. The van der Waals surface area contributed by atoms with E-state index in [1.807, 2.05) is 65.0 Å². The highest BCUT2D eigenvalue weighted by atomic mass is 16.4. The van der Waals surface area contributed by atoms with Crippen molar-refractivity contribution in [3.63, 3.8) is 0 Å². The first-order valence-corrected chi connectivity index (χ1v) is 20.8. The van der Waals surface area contributed by atoms with Crippen LogP contribution in [0.2, 0.25) is 0 Å². The molecule has 13 nitrogen and oxygen atoms in total. The molecule has 1 aromatic rings. The summed E-state index contributed by atoms with van der Waals surface area (Å²) in [6.07, 6.45) is 1.44. The van der Waals surface area contributed by atoms with Crippen molar-refractivity contribution in [2.24, 2.45) is 33.5 Å². The maximum Gasteiger partial charge on any atom is 0.312 e. The van der Waals surface area contributed by atoms with E-state index < -0.39 is 88.8 Å². The number of carboxylic acids is 1. The first-order valence-electron chi connectivity index (χ1n) is 20.8. The Bertz CT molecular complexity index is 1600. The Morgan fingerprint density at radius 1 is 0.793 bits per heavy atom. The van der Waals surface area contributed by atoms with Crippen molar-refractivity contribution >= 4 is 41.2 Å². The average Bonchev–Trinajstić information content (AvgIpc) is 3.61. The summed E-state index contributed by atoms with van der Waals surface area (Å²) >= 11 is 0. The molecule has 0 radical (unpaired) electrons. The highest BCUT2D eigenvalue weighted by molar-refractivity contribution is 5.99. The minimum Gasteiger partial charge on any atom is -0.481 e.